The third-order valence-corrected chi connectivity index (χ3v) is 15.3. The van der Waals surface area contributed by atoms with Crippen molar-refractivity contribution in [2.24, 2.45) is 5.92 Å². The molecule has 2 saturated carbocycles. The first kappa shape index (κ1) is 43.0. The fraction of sp³-hybridized carbons (Fsp3) is 0.634. The van der Waals surface area contributed by atoms with Gasteiger partial charge in [-0.05, 0) is 76.5 Å². The summed E-state index contributed by atoms with van der Waals surface area (Å²) in [5.41, 5.74) is -4.20. The third-order valence-electron chi connectivity index (χ3n) is 13.1. The fourth-order valence-corrected chi connectivity index (χ4v) is 10.4. The summed E-state index contributed by atoms with van der Waals surface area (Å²) in [7, 11) is -4.11. The van der Waals surface area contributed by atoms with E-state index in [1.807, 2.05) is 6.08 Å². The van der Waals surface area contributed by atoms with Gasteiger partial charge in [0.2, 0.25) is 21.8 Å². The van der Waals surface area contributed by atoms with Crippen LogP contribution in [0.2, 0.25) is 0 Å². The second-order valence-electron chi connectivity index (χ2n) is 17.4. The Kier molecular flexibility index (Phi) is 11.4. The van der Waals surface area contributed by atoms with E-state index in [9.17, 15) is 45.9 Å². The van der Waals surface area contributed by atoms with Crippen molar-refractivity contribution in [2.75, 3.05) is 46.0 Å². The molecule has 0 unspecified atom stereocenters. The van der Waals surface area contributed by atoms with Crippen LogP contribution < -0.4 is 24.8 Å². The van der Waals surface area contributed by atoms with Gasteiger partial charge in [-0.15, -0.1) is 0 Å². The van der Waals surface area contributed by atoms with E-state index in [1.165, 1.54) is 13.0 Å². The van der Waals surface area contributed by atoms with Crippen LogP contribution >= 0.6 is 0 Å². The largest absolute Gasteiger partial charge is 0.492 e. The van der Waals surface area contributed by atoms with E-state index in [0.29, 0.717) is 76.0 Å². The van der Waals surface area contributed by atoms with E-state index in [0.717, 1.165) is 18.0 Å². The molecule has 0 bridgehead atoms. The van der Waals surface area contributed by atoms with Gasteiger partial charge in [0.15, 0.2) is 11.4 Å². The predicted octanol–water partition coefficient (Wildman–Crippen LogP) is 3.66. The number of rotatable bonds is 8. The van der Waals surface area contributed by atoms with Crippen molar-refractivity contribution in [1.82, 2.24) is 30.1 Å². The Hall–Kier alpha value is -4.69. The van der Waals surface area contributed by atoms with Crippen LogP contribution in [0, 0.1) is 5.92 Å². The molecule has 2 aromatic rings. The number of halogens is 3. The fourth-order valence-electron chi connectivity index (χ4n) is 9.06. The lowest BCUT2D eigenvalue weighted by atomic mass is 9.87. The highest BCUT2D eigenvalue weighted by atomic mass is 32.2. The summed E-state index contributed by atoms with van der Waals surface area (Å²) in [5.74, 6) is -3.23. The van der Waals surface area contributed by atoms with Crippen LogP contribution in [0.5, 0.6) is 11.5 Å². The number of nitrogens with zero attached hydrogens (tertiary/aromatic N) is 3. The Morgan fingerprint density at radius 3 is 2.59 bits per heavy atom. The summed E-state index contributed by atoms with van der Waals surface area (Å²) < 4.78 is 89.8. The molecule has 4 fully saturated rings. The van der Waals surface area contributed by atoms with Crippen molar-refractivity contribution >= 4 is 44.7 Å². The van der Waals surface area contributed by atoms with Gasteiger partial charge in [-0.3, -0.25) is 24.0 Å². The minimum Gasteiger partial charge on any atom is -0.492 e. The lowest BCUT2D eigenvalue weighted by Gasteiger charge is -2.37. The van der Waals surface area contributed by atoms with Gasteiger partial charge < -0.3 is 34.9 Å². The second kappa shape index (κ2) is 16.2. The maximum atomic E-state index is 14.9. The molecule has 2 saturated heterocycles. The van der Waals surface area contributed by atoms with Gasteiger partial charge >= 0.3 is 12.3 Å². The molecule has 332 valence electrons. The van der Waals surface area contributed by atoms with Gasteiger partial charge in [-0.25, -0.2) is 18.2 Å². The number of pyridine rings is 1. The molecular weight excluding hydrogens is 826 g/mol. The number of carbonyl (C=O) groups excluding carboxylic acids is 3. The standard InChI is InChI=1S/C41H51F3N6O10S/c1-38(13-14-38)61(56,57)48-36(53)40-22-25(40)7-5-3-2-4-6-8-30(46-37(54)55)35(52)50-24-39(23-31(50)34(51)47-40)12-11-27-28-21-26(59-20-17-49-15-18-58-19-16-49)9-10-29(28)45-33(32(27)60-39)41(42,43)44/h5,7,9-10,21,25,30-31,46H,2-4,6,8,11-20,22-24H2,1H3,(H,47,51)(H,48,53)(H,54,55)/b7-5-/t25-,30+,31+,39-,40-/m1/s1. The number of carboxylic acid groups (broad SMARTS) is 1. The average Bonchev–Trinajstić information content (AvgIpc) is 4.10. The number of aryl methyl sites for hydroxylation is 1. The Balaban J connectivity index is 1.12. The van der Waals surface area contributed by atoms with Crippen LogP contribution in [0.3, 0.4) is 0 Å². The van der Waals surface area contributed by atoms with Gasteiger partial charge in [0, 0.05) is 42.9 Å². The Labute approximate surface area is 350 Å². The number of hydrogen-bond donors (Lipinski definition) is 4. The predicted molar refractivity (Wildman–Crippen MR) is 212 cm³/mol. The van der Waals surface area contributed by atoms with E-state index < -0.39 is 85.3 Å². The minimum atomic E-state index is -4.96. The number of aromatic nitrogens is 1. The van der Waals surface area contributed by atoms with Crippen molar-refractivity contribution in [3.63, 3.8) is 0 Å². The van der Waals surface area contributed by atoms with Crippen molar-refractivity contribution in [3.05, 3.63) is 41.6 Å². The summed E-state index contributed by atoms with van der Waals surface area (Å²) >= 11 is 0. The summed E-state index contributed by atoms with van der Waals surface area (Å²) in [6.45, 7) is 4.87. The smallest absolute Gasteiger partial charge is 0.437 e. The van der Waals surface area contributed by atoms with Crippen LogP contribution in [0.15, 0.2) is 30.4 Å². The number of allylic oxidation sites excluding steroid dienone is 1. The molecule has 4 amide bonds. The molecule has 61 heavy (non-hydrogen) atoms. The molecule has 0 radical (unpaired) electrons. The number of alkyl halides is 3. The van der Waals surface area contributed by atoms with Crippen LogP contribution in [0.4, 0.5) is 18.0 Å². The van der Waals surface area contributed by atoms with E-state index in [1.54, 1.807) is 18.2 Å². The summed E-state index contributed by atoms with van der Waals surface area (Å²) in [4.78, 5) is 62.2. The van der Waals surface area contributed by atoms with Gasteiger partial charge in [0.05, 0.1) is 30.0 Å². The molecule has 1 aromatic heterocycles. The molecule has 16 nitrogen and oxygen atoms in total. The molecule has 4 N–H and O–H groups in total. The first-order valence-electron chi connectivity index (χ1n) is 20.9. The number of fused-ring (bicyclic) bond motifs is 5. The quantitative estimate of drug-likeness (QED) is 0.281. The number of carbonyl (C=O) groups is 4. The summed E-state index contributed by atoms with van der Waals surface area (Å²) in [6, 6.07) is 1.93. The zero-order valence-electron chi connectivity index (χ0n) is 33.9. The molecule has 6 aliphatic rings. The number of hydrogen-bond acceptors (Lipinski definition) is 11. The zero-order valence-corrected chi connectivity index (χ0v) is 34.7. The Bertz CT molecular complexity index is 2230. The van der Waals surface area contributed by atoms with E-state index in [-0.39, 0.29) is 49.7 Å². The lowest BCUT2D eigenvalue weighted by Crippen LogP contribution is -2.58. The van der Waals surface area contributed by atoms with Crippen molar-refractivity contribution < 1.29 is 60.1 Å². The average molecular weight is 877 g/mol. The Morgan fingerprint density at radius 2 is 1.87 bits per heavy atom. The summed E-state index contributed by atoms with van der Waals surface area (Å²) in [6.07, 6.45) is 0.185. The molecule has 5 heterocycles. The number of nitrogens with one attached hydrogen (secondary N) is 3. The van der Waals surface area contributed by atoms with Gasteiger partial charge in [-0.1, -0.05) is 25.0 Å². The van der Waals surface area contributed by atoms with Crippen LogP contribution in [-0.4, -0.2) is 126 Å². The van der Waals surface area contributed by atoms with E-state index >= 15 is 0 Å². The molecule has 4 aliphatic heterocycles. The highest BCUT2D eigenvalue weighted by molar-refractivity contribution is 7.91. The van der Waals surface area contributed by atoms with Crippen LogP contribution in [0.25, 0.3) is 10.9 Å². The van der Waals surface area contributed by atoms with Gasteiger partial charge in [0.1, 0.15) is 35.6 Å². The first-order valence-corrected chi connectivity index (χ1v) is 22.4. The second-order valence-corrected chi connectivity index (χ2v) is 19.6. The van der Waals surface area contributed by atoms with E-state index in [2.05, 4.69) is 25.2 Å². The van der Waals surface area contributed by atoms with Crippen molar-refractivity contribution in [3.8, 4) is 11.5 Å². The Morgan fingerprint density at radius 1 is 1.10 bits per heavy atom. The maximum Gasteiger partial charge on any atom is 0.437 e. The highest BCUT2D eigenvalue weighted by Crippen LogP contribution is 2.50. The molecular formula is C41H51F3N6O10S. The number of ether oxygens (including phenoxy) is 3. The zero-order chi connectivity index (χ0) is 43.4. The molecule has 2 aliphatic carbocycles. The van der Waals surface area contributed by atoms with Gasteiger partial charge in [0.25, 0.3) is 5.91 Å². The third kappa shape index (κ3) is 8.71. The normalized spacial score (nSPS) is 29.8. The van der Waals surface area contributed by atoms with Crippen LogP contribution in [0.1, 0.15) is 82.4 Å². The molecule has 1 aromatic carbocycles. The monoisotopic (exact) mass is 876 g/mol. The number of amides is 4. The highest BCUT2D eigenvalue weighted by Gasteiger charge is 2.64. The van der Waals surface area contributed by atoms with Crippen LogP contribution in [-0.2, 0) is 41.7 Å². The minimum absolute atomic E-state index is 0.0394. The molecule has 8 rings (SSSR count). The summed E-state index contributed by atoms with van der Waals surface area (Å²) in [5, 5.41) is 15.1. The van der Waals surface area contributed by atoms with Gasteiger partial charge in [-0.2, -0.15) is 13.2 Å². The molecule has 5 atom stereocenters. The molecule has 20 heteroatoms. The van der Waals surface area contributed by atoms with Crippen molar-refractivity contribution in [2.45, 2.75) is 112 Å². The first-order chi connectivity index (χ1) is 28.9. The lowest BCUT2D eigenvalue weighted by molar-refractivity contribution is -0.144. The molecule has 1 spiro atoms. The van der Waals surface area contributed by atoms with Crippen molar-refractivity contribution in [1.29, 1.82) is 0 Å². The number of benzene rings is 1. The SMILES string of the molecule is CC1(S(=O)(=O)NC(=O)[C@@]23C[C@H]2/C=C\CCCCC[C@H](NC(=O)O)C(=O)N2C[C@@]4(CCc5c(c(C(F)(F)F)nc6ccc(OCCN7CCOCC7)cc56)O4)C[C@H]2C(=O)N3)CC1. The number of sulfonamides is 1. The topological polar surface area (TPSA) is 206 Å². The number of morpholine rings is 1. The van der Waals surface area contributed by atoms with E-state index in [4.69, 9.17) is 14.2 Å². The maximum absolute atomic E-state index is 14.9.